The zero-order chi connectivity index (χ0) is 18.7. The molecule has 1 heterocycles. The molecule has 1 aliphatic rings. The minimum absolute atomic E-state index is 0.165. The van der Waals surface area contributed by atoms with Crippen LogP contribution in [0.5, 0.6) is 0 Å². The van der Waals surface area contributed by atoms with Crippen molar-refractivity contribution in [3.63, 3.8) is 0 Å². The molecule has 1 unspecified atom stereocenters. The first-order valence-electron chi connectivity index (χ1n) is 8.12. The van der Waals surface area contributed by atoms with E-state index in [0.29, 0.717) is 17.7 Å². The van der Waals surface area contributed by atoms with Crippen LogP contribution in [0.3, 0.4) is 0 Å². The highest BCUT2D eigenvalue weighted by Crippen LogP contribution is 2.38. The lowest BCUT2D eigenvalue weighted by Crippen LogP contribution is -2.26. The van der Waals surface area contributed by atoms with E-state index in [0.717, 1.165) is 5.56 Å². The lowest BCUT2D eigenvalue weighted by molar-refractivity contribution is -0.0937. The van der Waals surface area contributed by atoms with Crippen LogP contribution in [0.25, 0.3) is 0 Å². The van der Waals surface area contributed by atoms with Gasteiger partial charge in [0.25, 0.3) is 0 Å². The molecule has 1 aliphatic heterocycles. The smallest absolute Gasteiger partial charge is 0.413 e. The maximum atomic E-state index is 13.2. The van der Waals surface area contributed by atoms with Gasteiger partial charge in [0.2, 0.25) is 0 Å². The highest BCUT2D eigenvalue weighted by atomic mass is 19.4. The Morgan fingerprint density at radius 1 is 1.12 bits per heavy atom. The van der Waals surface area contributed by atoms with Crippen molar-refractivity contribution >= 4 is 5.97 Å². The second-order valence-electron chi connectivity index (χ2n) is 6.14. The summed E-state index contributed by atoms with van der Waals surface area (Å²) < 4.78 is 44.3. The Labute approximate surface area is 149 Å². The largest absolute Gasteiger partial charge is 0.465 e. The maximum Gasteiger partial charge on any atom is 0.413 e. The summed E-state index contributed by atoms with van der Waals surface area (Å²) in [6, 6.07) is 15.4. The number of benzene rings is 2. The van der Waals surface area contributed by atoms with Crippen LogP contribution < -0.4 is 0 Å². The second kappa shape index (κ2) is 7.33. The fourth-order valence-electron chi connectivity index (χ4n) is 3.06. The molecule has 1 atom stereocenters. The summed E-state index contributed by atoms with van der Waals surface area (Å²) in [5, 5.41) is 0. The van der Waals surface area contributed by atoms with Crippen LogP contribution in [0, 0.1) is 0 Å². The van der Waals surface area contributed by atoms with Crippen LogP contribution in [-0.4, -0.2) is 30.7 Å². The number of esters is 1. The van der Waals surface area contributed by atoms with E-state index < -0.39 is 23.8 Å². The highest BCUT2D eigenvalue weighted by molar-refractivity contribution is 5.89. The number of carbonyl (C=O) groups is 1. The molecule has 0 aliphatic carbocycles. The van der Waals surface area contributed by atoms with E-state index in [1.54, 1.807) is 29.2 Å². The first-order chi connectivity index (χ1) is 12.4. The molecule has 0 amide bonds. The Morgan fingerprint density at radius 2 is 1.77 bits per heavy atom. The molecule has 0 bridgehead atoms. The van der Waals surface area contributed by atoms with Gasteiger partial charge in [-0.3, -0.25) is 4.90 Å². The van der Waals surface area contributed by atoms with Crippen molar-refractivity contribution in [2.75, 3.05) is 13.7 Å². The fourth-order valence-corrected chi connectivity index (χ4v) is 3.06. The quantitative estimate of drug-likeness (QED) is 0.592. The molecule has 0 saturated heterocycles. The molecule has 0 spiro atoms. The summed E-state index contributed by atoms with van der Waals surface area (Å²) in [5.41, 5.74) is 1.47. The average Bonchev–Trinajstić information content (AvgIpc) is 3.06. The number of hydrogen-bond donors (Lipinski definition) is 0. The van der Waals surface area contributed by atoms with Gasteiger partial charge in [-0.15, -0.1) is 0 Å². The van der Waals surface area contributed by atoms with Gasteiger partial charge >= 0.3 is 12.1 Å². The first kappa shape index (κ1) is 18.2. The first-order valence-corrected chi connectivity index (χ1v) is 8.12. The molecule has 0 fully saturated rings. The molecular weight excluding hydrogens is 343 g/mol. The number of halogens is 3. The number of ether oxygens (including phenoxy) is 1. The van der Waals surface area contributed by atoms with Crippen LogP contribution in [0.2, 0.25) is 0 Å². The van der Waals surface area contributed by atoms with Gasteiger partial charge in [0.1, 0.15) is 0 Å². The van der Waals surface area contributed by atoms with Crippen molar-refractivity contribution in [2.24, 2.45) is 0 Å². The number of rotatable bonds is 4. The summed E-state index contributed by atoms with van der Waals surface area (Å²) >= 11 is 0. The second-order valence-corrected chi connectivity index (χ2v) is 6.14. The Kier molecular flexibility index (Phi) is 5.13. The monoisotopic (exact) mass is 361 g/mol. The molecule has 0 radical (unpaired) electrons. The number of alkyl halides is 3. The van der Waals surface area contributed by atoms with Gasteiger partial charge in [-0.2, -0.15) is 13.2 Å². The fraction of sp³-hybridized carbons (Fsp3) is 0.250. The van der Waals surface area contributed by atoms with Crippen molar-refractivity contribution in [1.82, 2.24) is 4.90 Å². The molecule has 0 N–H and O–H groups in total. The summed E-state index contributed by atoms with van der Waals surface area (Å²) in [6.45, 7) is 0.238. The van der Waals surface area contributed by atoms with E-state index in [2.05, 4.69) is 4.74 Å². The summed E-state index contributed by atoms with van der Waals surface area (Å²) in [4.78, 5) is 13.3. The molecular formula is C20H18F3NO2. The zero-order valence-corrected chi connectivity index (χ0v) is 14.2. The third-order valence-electron chi connectivity index (χ3n) is 4.39. The molecule has 2 aromatic carbocycles. The molecule has 136 valence electrons. The highest BCUT2D eigenvalue weighted by Gasteiger charge is 2.40. The summed E-state index contributed by atoms with van der Waals surface area (Å²) in [6.07, 6.45) is -3.09. The predicted octanol–water partition coefficient (Wildman–Crippen LogP) is 4.52. The predicted molar refractivity (Wildman–Crippen MR) is 91.5 cm³/mol. The third-order valence-corrected chi connectivity index (χ3v) is 4.39. The van der Waals surface area contributed by atoms with Gasteiger partial charge in [-0.1, -0.05) is 48.5 Å². The number of methoxy groups -OCH3 is 1. The molecule has 26 heavy (non-hydrogen) atoms. The Bertz CT molecular complexity index is 798. The van der Waals surface area contributed by atoms with Crippen LogP contribution in [-0.2, 0) is 11.3 Å². The van der Waals surface area contributed by atoms with Gasteiger partial charge in [0.15, 0.2) is 0 Å². The number of nitrogens with zero attached hydrogens (tertiary/aromatic N) is 1. The van der Waals surface area contributed by atoms with E-state index in [1.165, 1.54) is 13.2 Å². The van der Waals surface area contributed by atoms with Crippen LogP contribution >= 0.6 is 0 Å². The van der Waals surface area contributed by atoms with E-state index in [4.69, 9.17) is 0 Å². The van der Waals surface area contributed by atoms with Crippen LogP contribution in [0.1, 0.15) is 27.5 Å². The number of hydrogen-bond acceptors (Lipinski definition) is 3. The minimum atomic E-state index is -4.35. The van der Waals surface area contributed by atoms with Crippen molar-refractivity contribution < 1.29 is 22.7 Å². The Balaban J connectivity index is 1.88. The van der Waals surface area contributed by atoms with Crippen molar-refractivity contribution in [1.29, 1.82) is 0 Å². The number of carbonyl (C=O) groups excluding carboxylic acids is 1. The average molecular weight is 361 g/mol. The molecule has 3 rings (SSSR count). The van der Waals surface area contributed by atoms with E-state index >= 15 is 0 Å². The summed E-state index contributed by atoms with van der Waals surface area (Å²) in [7, 11) is 1.28. The van der Waals surface area contributed by atoms with Gasteiger partial charge in [-0.05, 0) is 23.3 Å². The van der Waals surface area contributed by atoms with E-state index in [1.807, 2.05) is 30.3 Å². The maximum absolute atomic E-state index is 13.2. The SMILES string of the molecule is COC(=O)c1ccc(C2C=C(C(F)(F)F)CN2Cc2ccccc2)cc1. The standard InChI is InChI=1S/C20H18F3NO2/c1-26-19(25)16-9-7-15(8-10-16)18-11-17(20(21,22)23)13-24(18)12-14-5-3-2-4-6-14/h2-11,18H,12-13H2,1H3. The molecule has 6 heteroatoms. The van der Waals surface area contributed by atoms with Gasteiger partial charge < -0.3 is 4.74 Å². The Hall–Kier alpha value is -2.60. The van der Waals surface area contributed by atoms with Crippen molar-refractivity contribution in [3.05, 3.63) is 82.9 Å². The molecule has 0 saturated carbocycles. The topological polar surface area (TPSA) is 29.5 Å². The normalized spacial score (nSPS) is 17.8. The van der Waals surface area contributed by atoms with Crippen LogP contribution in [0.4, 0.5) is 13.2 Å². The molecule has 0 aromatic heterocycles. The Morgan fingerprint density at radius 3 is 2.35 bits per heavy atom. The van der Waals surface area contributed by atoms with Crippen molar-refractivity contribution in [3.8, 4) is 0 Å². The molecule has 2 aromatic rings. The van der Waals surface area contributed by atoms with Gasteiger partial charge in [-0.25, -0.2) is 4.79 Å². The lowest BCUT2D eigenvalue weighted by atomic mass is 10.0. The summed E-state index contributed by atoms with van der Waals surface area (Å²) in [5.74, 6) is -0.476. The zero-order valence-electron chi connectivity index (χ0n) is 14.2. The van der Waals surface area contributed by atoms with Gasteiger partial charge in [0, 0.05) is 18.7 Å². The van der Waals surface area contributed by atoms with Crippen LogP contribution in [0.15, 0.2) is 66.2 Å². The van der Waals surface area contributed by atoms with E-state index in [-0.39, 0.29) is 6.54 Å². The lowest BCUT2D eigenvalue weighted by Gasteiger charge is -2.25. The van der Waals surface area contributed by atoms with E-state index in [9.17, 15) is 18.0 Å². The van der Waals surface area contributed by atoms with Gasteiger partial charge in [0.05, 0.1) is 18.7 Å². The molecule has 3 nitrogen and oxygen atoms in total. The third kappa shape index (κ3) is 3.96. The minimum Gasteiger partial charge on any atom is -0.465 e. The van der Waals surface area contributed by atoms with Crippen molar-refractivity contribution in [2.45, 2.75) is 18.8 Å².